The fourth-order valence-corrected chi connectivity index (χ4v) is 1.66. The molecule has 2 heterocycles. The molecule has 0 unspecified atom stereocenters. The van der Waals surface area contributed by atoms with Crippen LogP contribution in [0.25, 0.3) is 5.52 Å². The number of rotatable bonds is 4. The Morgan fingerprint density at radius 3 is 3.07 bits per heavy atom. The summed E-state index contributed by atoms with van der Waals surface area (Å²) in [7, 11) is 0. The molecule has 0 saturated carbocycles. The maximum absolute atomic E-state index is 5.57. The fourth-order valence-electron chi connectivity index (χ4n) is 1.66. The molecule has 2 rings (SSSR count). The summed E-state index contributed by atoms with van der Waals surface area (Å²) in [6, 6.07) is 1.96. The van der Waals surface area contributed by atoms with Gasteiger partial charge < -0.3 is 10.6 Å². The smallest absolute Gasteiger partial charge is 0.154 e. The van der Waals surface area contributed by atoms with Crippen molar-refractivity contribution < 1.29 is 0 Å². The number of hydrogen-bond acceptors (Lipinski definition) is 4. The van der Waals surface area contributed by atoms with Gasteiger partial charge in [0.1, 0.15) is 5.52 Å². The summed E-state index contributed by atoms with van der Waals surface area (Å²) >= 11 is 0. The normalized spacial score (nSPS) is 10.8. The van der Waals surface area contributed by atoms with Crippen LogP contribution in [-0.2, 0) is 0 Å². The lowest BCUT2D eigenvalue weighted by atomic mass is 10.4. The van der Waals surface area contributed by atoms with Gasteiger partial charge in [0.15, 0.2) is 5.82 Å². The SMILES string of the molecule is CCN(CCN)c1nccn2nccc12. The first-order valence-electron chi connectivity index (χ1n) is 5.10. The number of anilines is 1. The first-order chi connectivity index (χ1) is 7.36. The zero-order chi connectivity index (χ0) is 10.7. The monoisotopic (exact) mass is 205 g/mol. The summed E-state index contributed by atoms with van der Waals surface area (Å²) in [6.45, 7) is 4.44. The molecule has 0 amide bonds. The van der Waals surface area contributed by atoms with Crippen LogP contribution in [0.1, 0.15) is 6.92 Å². The van der Waals surface area contributed by atoms with Crippen LogP contribution in [0.3, 0.4) is 0 Å². The summed E-state index contributed by atoms with van der Waals surface area (Å²) < 4.78 is 1.82. The van der Waals surface area contributed by atoms with Crippen molar-refractivity contribution in [1.29, 1.82) is 0 Å². The zero-order valence-corrected chi connectivity index (χ0v) is 8.80. The Labute approximate surface area is 88.5 Å². The highest BCUT2D eigenvalue weighted by Gasteiger charge is 2.09. The molecule has 0 saturated heterocycles. The highest BCUT2D eigenvalue weighted by Crippen LogP contribution is 2.16. The number of hydrogen-bond donors (Lipinski definition) is 1. The molecule has 15 heavy (non-hydrogen) atoms. The van der Waals surface area contributed by atoms with Gasteiger partial charge in [0.05, 0.1) is 6.20 Å². The van der Waals surface area contributed by atoms with Crippen LogP contribution in [0, 0.1) is 0 Å². The van der Waals surface area contributed by atoms with Gasteiger partial charge in [-0.3, -0.25) is 0 Å². The van der Waals surface area contributed by atoms with E-state index in [9.17, 15) is 0 Å². The van der Waals surface area contributed by atoms with Gasteiger partial charge in [-0.1, -0.05) is 0 Å². The van der Waals surface area contributed by atoms with Crippen LogP contribution in [0.15, 0.2) is 24.7 Å². The molecule has 0 fully saturated rings. The van der Waals surface area contributed by atoms with E-state index in [1.165, 1.54) is 0 Å². The van der Waals surface area contributed by atoms with Crippen LogP contribution in [-0.4, -0.2) is 34.2 Å². The summed E-state index contributed by atoms with van der Waals surface area (Å²) in [6.07, 6.45) is 5.38. The van der Waals surface area contributed by atoms with Gasteiger partial charge >= 0.3 is 0 Å². The van der Waals surface area contributed by atoms with E-state index in [1.807, 2.05) is 16.8 Å². The van der Waals surface area contributed by atoms with Crippen LogP contribution in [0.5, 0.6) is 0 Å². The molecule has 0 aliphatic carbocycles. The molecule has 2 aromatic heterocycles. The van der Waals surface area contributed by atoms with E-state index in [2.05, 4.69) is 21.9 Å². The highest BCUT2D eigenvalue weighted by atomic mass is 15.3. The van der Waals surface area contributed by atoms with Crippen LogP contribution in [0.2, 0.25) is 0 Å². The number of likely N-dealkylation sites (N-methyl/N-ethyl adjacent to an activating group) is 1. The standard InChI is InChI=1S/C10H15N5/c1-2-14(7-4-11)10-9-3-5-13-15(9)8-6-12-10/h3,5-6,8H,2,4,7,11H2,1H3. The Hall–Kier alpha value is -1.62. The Kier molecular flexibility index (Phi) is 2.82. The van der Waals surface area contributed by atoms with Crippen LogP contribution < -0.4 is 10.6 Å². The predicted octanol–water partition coefficient (Wildman–Crippen LogP) is 0.514. The van der Waals surface area contributed by atoms with Gasteiger partial charge in [0.25, 0.3) is 0 Å². The average molecular weight is 205 g/mol. The third kappa shape index (κ3) is 1.78. The first kappa shape index (κ1) is 9.92. The minimum Gasteiger partial charge on any atom is -0.354 e. The van der Waals surface area contributed by atoms with Crippen molar-refractivity contribution in [3.05, 3.63) is 24.7 Å². The first-order valence-corrected chi connectivity index (χ1v) is 5.10. The van der Waals surface area contributed by atoms with E-state index in [0.29, 0.717) is 6.54 Å². The second kappa shape index (κ2) is 4.27. The molecule has 0 bridgehead atoms. The summed E-state index contributed by atoms with van der Waals surface area (Å²) in [5, 5.41) is 4.17. The number of fused-ring (bicyclic) bond motifs is 1. The van der Waals surface area contributed by atoms with Gasteiger partial charge in [0.2, 0.25) is 0 Å². The predicted molar refractivity (Wildman–Crippen MR) is 59.9 cm³/mol. The Morgan fingerprint density at radius 2 is 2.33 bits per heavy atom. The van der Waals surface area contributed by atoms with Gasteiger partial charge in [0, 0.05) is 32.0 Å². The largest absolute Gasteiger partial charge is 0.354 e. The summed E-state index contributed by atoms with van der Waals surface area (Å²) in [4.78, 5) is 6.53. The molecule has 5 heteroatoms. The number of nitrogens with two attached hydrogens (primary N) is 1. The zero-order valence-electron chi connectivity index (χ0n) is 8.80. The molecular weight excluding hydrogens is 190 g/mol. The van der Waals surface area contributed by atoms with Crippen molar-refractivity contribution in [2.45, 2.75) is 6.92 Å². The van der Waals surface area contributed by atoms with Gasteiger partial charge in [-0.25, -0.2) is 9.50 Å². The molecule has 0 atom stereocenters. The van der Waals surface area contributed by atoms with Crippen LogP contribution >= 0.6 is 0 Å². The molecular formula is C10H15N5. The van der Waals surface area contributed by atoms with E-state index in [-0.39, 0.29) is 0 Å². The summed E-state index contributed by atoms with van der Waals surface area (Å²) in [5.74, 6) is 0.947. The Balaban J connectivity index is 2.44. The van der Waals surface area contributed by atoms with E-state index >= 15 is 0 Å². The van der Waals surface area contributed by atoms with E-state index < -0.39 is 0 Å². The van der Waals surface area contributed by atoms with E-state index in [4.69, 9.17) is 5.73 Å². The lowest BCUT2D eigenvalue weighted by molar-refractivity contribution is 0.797. The Bertz CT molecular complexity index is 436. The van der Waals surface area contributed by atoms with E-state index in [0.717, 1.165) is 24.4 Å². The molecule has 0 aliphatic heterocycles. The molecule has 5 nitrogen and oxygen atoms in total. The average Bonchev–Trinajstić information content (AvgIpc) is 2.73. The quantitative estimate of drug-likeness (QED) is 0.790. The van der Waals surface area contributed by atoms with Crippen molar-refractivity contribution in [3.8, 4) is 0 Å². The maximum Gasteiger partial charge on any atom is 0.154 e. The second-order valence-electron chi connectivity index (χ2n) is 3.28. The lowest BCUT2D eigenvalue weighted by Gasteiger charge is -2.21. The topological polar surface area (TPSA) is 59.5 Å². The van der Waals surface area contributed by atoms with Crippen molar-refractivity contribution in [1.82, 2.24) is 14.6 Å². The van der Waals surface area contributed by atoms with Crippen molar-refractivity contribution in [2.75, 3.05) is 24.5 Å². The van der Waals surface area contributed by atoms with Gasteiger partial charge in [-0.05, 0) is 13.0 Å². The number of nitrogens with zero attached hydrogens (tertiary/aromatic N) is 4. The minimum absolute atomic E-state index is 0.630. The maximum atomic E-state index is 5.57. The van der Waals surface area contributed by atoms with Crippen molar-refractivity contribution >= 4 is 11.3 Å². The fraction of sp³-hybridized carbons (Fsp3) is 0.400. The van der Waals surface area contributed by atoms with Crippen molar-refractivity contribution in [2.24, 2.45) is 5.73 Å². The molecule has 80 valence electrons. The Morgan fingerprint density at radius 1 is 1.47 bits per heavy atom. The third-order valence-corrected chi connectivity index (χ3v) is 2.38. The molecule has 0 aromatic carbocycles. The number of aromatic nitrogens is 3. The molecule has 0 aliphatic rings. The minimum atomic E-state index is 0.630. The van der Waals surface area contributed by atoms with Gasteiger partial charge in [-0.2, -0.15) is 5.10 Å². The summed E-state index contributed by atoms with van der Waals surface area (Å²) in [5.41, 5.74) is 6.59. The highest BCUT2D eigenvalue weighted by molar-refractivity contribution is 5.68. The molecule has 0 radical (unpaired) electrons. The third-order valence-electron chi connectivity index (χ3n) is 2.38. The molecule has 0 spiro atoms. The lowest BCUT2D eigenvalue weighted by Crippen LogP contribution is -2.30. The van der Waals surface area contributed by atoms with Gasteiger partial charge in [-0.15, -0.1) is 0 Å². The molecule has 2 N–H and O–H groups in total. The van der Waals surface area contributed by atoms with Crippen molar-refractivity contribution in [3.63, 3.8) is 0 Å². The second-order valence-corrected chi connectivity index (χ2v) is 3.28. The van der Waals surface area contributed by atoms with E-state index in [1.54, 1.807) is 12.4 Å². The van der Waals surface area contributed by atoms with Crippen LogP contribution in [0.4, 0.5) is 5.82 Å². The molecule has 2 aromatic rings.